The molecule has 2 aromatic carbocycles. The van der Waals surface area contributed by atoms with Crippen LogP contribution in [0.4, 0.5) is 11.4 Å². The Labute approximate surface area is 165 Å². The number of benzene rings is 2. The Morgan fingerprint density at radius 3 is 2.54 bits per heavy atom. The smallest absolute Gasteiger partial charge is 0.261 e. The monoisotopic (exact) mass is 416 g/mol. The minimum absolute atomic E-state index is 0.0305. The predicted octanol–water partition coefficient (Wildman–Crippen LogP) is 3.56. The van der Waals surface area contributed by atoms with E-state index in [0.717, 1.165) is 0 Å². The highest BCUT2D eigenvalue weighted by atomic mass is 35.5. The number of hydrogen-bond acceptors (Lipinski definition) is 6. The molecule has 0 fully saturated rings. The number of halogens is 1. The maximum atomic E-state index is 12.6. The molecule has 0 unspecified atom stereocenters. The van der Waals surface area contributed by atoms with E-state index < -0.39 is 15.9 Å². The van der Waals surface area contributed by atoms with Gasteiger partial charge in [-0.05, 0) is 49.4 Å². The number of nitriles is 1. The molecule has 1 amide bonds. The molecule has 10 heteroatoms. The standard InChI is InChI=1S/C18H13ClN4O4S/c1-11-15(10-21-27-11)18(24)22-13-4-7-16(19)17(8-13)23-28(25,26)14-5-2-12(9-20)3-6-14/h2-8,10,23H,1H3,(H,22,24). The Morgan fingerprint density at radius 1 is 1.21 bits per heavy atom. The van der Waals surface area contributed by atoms with Gasteiger partial charge in [0.05, 0.1) is 33.4 Å². The van der Waals surface area contributed by atoms with E-state index >= 15 is 0 Å². The van der Waals surface area contributed by atoms with Crippen molar-refractivity contribution < 1.29 is 17.7 Å². The normalized spacial score (nSPS) is 10.9. The van der Waals surface area contributed by atoms with E-state index in [2.05, 4.69) is 15.2 Å². The van der Waals surface area contributed by atoms with Crippen LogP contribution >= 0.6 is 11.6 Å². The van der Waals surface area contributed by atoms with Crippen molar-refractivity contribution in [1.29, 1.82) is 5.26 Å². The van der Waals surface area contributed by atoms with Crippen LogP contribution in [0, 0.1) is 18.3 Å². The van der Waals surface area contributed by atoms with Gasteiger partial charge >= 0.3 is 0 Å². The van der Waals surface area contributed by atoms with E-state index in [4.69, 9.17) is 21.4 Å². The van der Waals surface area contributed by atoms with Gasteiger partial charge in [-0.3, -0.25) is 9.52 Å². The van der Waals surface area contributed by atoms with E-state index in [0.29, 0.717) is 17.0 Å². The molecule has 142 valence electrons. The second-order valence-corrected chi connectivity index (χ2v) is 7.78. The van der Waals surface area contributed by atoms with Crippen molar-refractivity contribution >= 4 is 38.9 Å². The SMILES string of the molecule is Cc1oncc1C(=O)Nc1ccc(Cl)c(NS(=O)(=O)c2ccc(C#N)cc2)c1. The maximum absolute atomic E-state index is 12.6. The van der Waals surface area contributed by atoms with Crippen LogP contribution in [0.15, 0.2) is 58.1 Å². The molecule has 0 saturated carbocycles. The summed E-state index contributed by atoms with van der Waals surface area (Å²) in [6.07, 6.45) is 1.29. The molecular formula is C18H13ClN4O4S. The molecule has 1 aromatic heterocycles. The van der Waals surface area contributed by atoms with E-state index in [1.165, 1.54) is 48.7 Å². The lowest BCUT2D eigenvalue weighted by Crippen LogP contribution is -2.15. The summed E-state index contributed by atoms with van der Waals surface area (Å²) < 4.78 is 32.3. The highest BCUT2D eigenvalue weighted by Crippen LogP contribution is 2.28. The van der Waals surface area contributed by atoms with Gasteiger partial charge in [-0.1, -0.05) is 16.8 Å². The summed E-state index contributed by atoms with van der Waals surface area (Å²) in [7, 11) is -3.94. The van der Waals surface area contributed by atoms with Gasteiger partial charge in [0, 0.05) is 5.69 Å². The molecular weight excluding hydrogens is 404 g/mol. The number of aromatic nitrogens is 1. The first-order valence-corrected chi connectivity index (χ1v) is 9.71. The van der Waals surface area contributed by atoms with Crippen LogP contribution in [-0.2, 0) is 10.0 Å². The summed E-state index contributed by atoms with van der Waals surface area (Å²) >= 11 is 6.09. The van der Waals surface area contributed by atoms with Crippen LogP contribution in [-0.4, -0.2) is 19.5 Å². The highest BCUT2D eigenvalue weighted by molar-refractivity contribution is 7.92. The van der Waals surface area contributed by atoms with Crippen molar-refractivity contribution in [2.75, 3.05) is 10.0 Å². The van der Waals surface area contributed by atoms with Crippen molar-refractivity contribution in [2.45, 2.75) is 11.8 Å². The lowest BCUT2D eigenvalue weighted by Gasteiger charge is -2.12. The van der Waals surface area contributed by atoms with Gasteiger partial charge in [-0.2, -0.15) is 5.26 Å². The first-order chi connectivity index (χ1) is 13.3. The fraction of sp³-hybridized carbons (Fsp3) is 0.0556. The average Bonchev–Trinajstić information content (AvgIpc) is 3.10. The summed E-state index contributed by atoms with van der Waals surface area (Å²) in [6.45, 7) is 1.60. The third-order valence-corrected chi connectivity index (χ3v) is 5.47. The van der Waals surface area contributed by atoms with E-state index in [9.17, 15) is 13.2 Å². The van der Waals surface area contributed by atoms with Crippen molar-refractivity contribution in [3.8, 4) is 6.07 Å². The lowest BCUT2D eigenvalue weighted by molar-refractivity contribution is 0.102. The Bertz CT molecular complexity index is 1180. The summed E-state index contributed by atoms with van der Waals surface area (Å²) in [5, 5.41) is 15.1. The number of aryl methyl sites for hydroxylation is 1. The topological polar surface area (TPSA) is 125 Å². The molecule has 1 heterocycles. The second kappa shape index (κ2) is 7.72. The number of sulfonamides is 1. The van der Waals surface area contributed by atoms with Crippen LogP contribution < -0.4 is 10.0 Å². The number of rotatable bonds is 5. The molecule has 0 saturated heterocycles. The largest absolute Gasteiger partial charge is 0.361 e. The van der Waals surface area contributed by atoms with Gasteiger partial charge < -0.3 is 9.84 Å². The number of nitrogens with zero attached hydrogens (tertiary/aromatic N) is 2. The average molecular weight is 417 g/mol. The zero-order valence-electron chi connectivity index (χ0n) is 14.4. The van der Waals surface area contributed by atoms with Gasteiger partial charge in [0.25, 0.3) is 15.9 Å². The zero-order chi connectivity index (χ0) is 20.3. The molecule has 3 aromatic rings. The number of amides is 1. The third kappa shape index (κ3) is 4.14. The summed E-state index contributed by atoms with van der Waals surface area (Å²) in [5.74, 6) is -0.102. The predicted molar refractivity (Wildman–Crippen MR) is 103 cm³/mol. The molecule has 0 aliphatic heterocycles. The van der Waals surface area contributed by atoms with Crippen LogP contribution in [0.25, 0.3) is 0 Å². The van der Waals surface area contributed by atoms with Crippen molar-refractivity contribution in [1.82, 2.24) is 5.16 Å². The first-order valence-electron chi connectivity index (χ1n) is 7.85. The van der Waals surface area contributed by atoms with Crippen LogP contribution in [0.3, 0.4) is 0 Å². The zero-order valence-corrected chi connectivity index (χ0v) is 16.0. The van der Waals surface area contributed by atoms with E-state index in [-0.39, 0.29) is 21.2 Å². The molecule has 0 atom stereocenters. The number of hydrogen-bond donors (Lipinski definition) is 2. The van der Waals surface area contributed by atoms with Crippen LogP contribution in [0.2, 0.25) is 5.02 Å². The Balaban J connectivity index is 1.84. The molecule has 0 aliphatic carbocycles. The quantitative estimate of drug-likeness (QED) is 0.655. The number of anilines is 2. The second-order valence-electron chi connectivity index (χ2n) is 5.69. The van der Waals surface area contributed by atoms with Crippen molar-refractivity contribution in [3.05, 3.63) is 70.6 Å². The summed E-state index contributed by atoms with van der Waals surface area (Å²) in [5.41, 5.74) is 1.01. The fourth-order valence-electron chi connectivity index (χ4n) is 2.31. The number of carbonyl (C=O) groups excluding carboxylic acids is 1. The fourth-order valence-corrected chi connectivity index (χ4v) is 3.60. The maximum Gasteiger partial charge on any atom is 0.261 e. The van der Waals surface area contributed by atoms with Gasteiger partial charge in [-0.15, -0.1) is 0 Å². The Morgan fingerprint density at radius 2 is 1.93 bits per heavy atom. The van der Waals surface area contributed by atoms with Gasteiger partial charge in [0.1, 0.15) is 11.3 Å². The van der Waals surface area contributed by atoms with Gasteiger partial charge in [0.15, 0.2) is 0 Å². The third-order valence-electron chi connectivity index (χ3n) is 3.76. The summed E-state index contributed by atoms with van der Waals surface area (Å²) in [4.78, 5) is 12.2. The first kappa shape index (κ1) is 19.4. The number of nitrogens with one attached hydrogen (secondary N) is 2. The van der Waals surface area contributed by atoms with Gasteiger partial charge in [0.2, 0.25) is 0 Å². The van der Waals surface area contributed by atoms with Crippen LogP contribution in [0.5, 0.6) is 0 Å². The van der Waals surface area contributed by atoms with Crippen molar-refractivity contribution in [3.63, 3.8) is 0 Å². The molecule has 0 aliphatic rings. The molecule has 8 nitrogen and oxygen atoms in total. The lowest BCUT2D eigenvalue weighted by atomic mass is 10.2. The summed E-state index contributed by atoms with van der Waals surface area (Å²) in [6, 6.07) is 11.7. The number of carbonyl (C=O) groups is 1. The van der Waals surface area contributed by atoms with E-state index in [1.807, 2.05) is 6.07 Å². The molecule has 0 bridgehead atoms. The molecule has 3 rings (SSSR count). The Hall–Kier alpha value is -3.35. The molecule has 0 spiro atoms. The molecule has 28 heavy (non-hydrogen) atoms. The van der Waals surface area contributed by atoms with Crippen LogP contribution in [0.1, 0.15) is 21.7 Å². The van der Waals surface area contributed by atoms with E-state index in [1.54, 1.807) is 6.92 Å². The Kier molecular flexibility index (Phi) is 5.35. The van der Waals surface area contributed by atoms with Gasteiger partial charge in [-0.25, -0.2) is 8.42 Å². The van der Waals surface area contributed by atoms with Crippen molar-refractivity contribution in [2.24, 2.45) is 0 Å². The minimum Gasteiger partial charge on any atom is -0.361 e. The molecule has 0 radical (unpaired) electrons. The highest BCUT2D eigenvalue weighted by Gasteiger charge is 2.18. The minimum atomic E-state index is -3.94. The molecule has 2 N–H and O–H groups in total.